The lowest BCUT2D eigenvalue weighted by Gasteiger charge is -2.23. The van der Waals surface area contributed by atoms with Crippen LogP contribution < -0.4 is 10.5 Å². The maximum atomic E-state index is 12.1. The second-order valence-electron chi connectivity index (χ2n) is 5.29. The van der Waals surface area contributed by atoms with Gasteiger partial charge in [-0.2, -0.15) is 0 Å². The minimum absolute atomic E-state index is 0.0251. The van der Waals surface area contributed by atoms with Crippen LogP contribution in [0, 0.1) is 0 Å². The molecule has 0 aliphatic rings. The molecule has 118 valence electrons. The monoisotopic (exact) mass is 292 g/mol. The first-order valence-electron chi connectivity index (χ1n) is 7.81. The van der Waals surface area contributed by atoms with Crippen LogP contribution in [-0.2, 0) is 11.2 Å². The van der Waals surface area contributed by atoms with Crippen LogP contribution in [0.5, 0.6) is 5.75 Å². The summed E-state index contributed by atoms with van der Waals surface area (Å²) >= 11 is 0. The molecule has 2 unspecified atom stereocenters. The Kier molecular flexibility index (Phi) is 7.23. The van der Waals surface area contributed by atoms with Crippen molar-refractivity contribution in [2.75, 3.05) is 13.1 Å². The van der Waals surface area contributed by atoms with Gasteiger partial charge in [0.1, 0.15) is 5.75 Å². The number of hydrogen-bond acceptors (Lipinski definition) is 3. The second kappa shape index (κ2) is 8.67. The number of carbonyl (C=O) groups is 1. The number of hydrogen-bond donors (Lipinski definition) is 1. The highest BCUT2D eigenvalue weighted by atomic mass is 16.5. The van der Waals surface area contributed by atoms with Gasteiger partial charge in [-0.05, 0) is 51.3 Å². The van der Waals surface area contributed by atoms with E-state index in [1.165, 1.54) is 5.56 Å². The first-order valence-corrected chi connectivity index (χ1v) is 7.81. The van der Waals surface area contributed by atoms with Gasteiger partial charge in [-0.15, -0.1) is 0 Å². The molecule has 0 heterocycles. The molecule has 1 rings (SSSR count). The molecule has 2 atom stereocenters. The summed E-state index contributed by atoms with van der Waals surface area (Å²) in [5, 5.41) is 0. The first kappa shape index (κ1) is 17.5. The fourth-order valence-corrected chi connectivity index (χ4v) is 2.20. The van der Waals surface area contributed by atoms with Crippen molar-refractivity contribution in [2.45, 2.75) is 52.7 Å². The van der Waals surface area contributed by atoms with Crippen molar-refractivity contribution in [1.29, 1.82) is 0 Å². The third kappa shape index (κ3) is 5.38. The molecular weight excluding hydrogens is 264 g/mol. The van der Waals surface area contributed by atoms with Gasteiger partial charge in [0.15, 0.2) is 6.10 Å². The number of nitrogens with zero attached hydrogens (tertiary/aromatic N) is 1. The van der Waals surface area contributed by atoms with Gasteiger partial charge in [0.25, 0.3) is 5.91 Å². The smallest absolute Gasteiger partial charge is 0.263 e. The third-order valence-electron chi connectivity index (χ3n) is 3.68. The average Bonchev–Trinajstić information content (AvgIpc) is 2.50. The molecule has 21 heavy (non-hydrogen) atoms. The van der Waals surface area contributed by atoms with Crippen LogP contribution in [0.15, 0.2) is 24.3 Å². The van der Waals surface area contributed by atoms with Crippen LogP contribution in [-0.4, -0.2) is 36.0 Å². The van der Waals surface area contributed by atoms with Crippen LogP contribution in [0.2, 0.25) is 0 Å². The van der Waals surface area contributed by atoms with E-state index in [0.29, 0.717) is 13.1 Å². The van der Waals surface area contributed by atoms with Gasteiger partial charge in [-0.25, -0.2) is 0 Å². The van der Waals surface area contributed by atoms with E-state index in [9.17, 15) is 4.79 Å². The lowest BCUT2D eigenvalue weighted by Crippen LogP contribution is -2.40. The zero-order valence-electron chi connectivity index (χ0n) is 13.6. The highest BCUT2D eigenvalue weighted by Crippen LogP contribution is 2.16. The van der Waals surface area contributed by atoms with Crippen LogP contribution in [0.3, 0.4) is 0 Å². The van der Waals surface area contributed by atoms with Crippen molar-refractivity contribution >= 4 is 5.91 Å². The summed E-state index contributed by atoms with van der Waals surface area (Å²) < 4.78 is 5.72. The molecule has 4 nitrogen and oxygen atoms in total. The van der Waals surface area contributed by atoms with E-state index in [0.717, 1.165) is 18.6 Å². The van der Waals surface area contributed by atoms with E-state index in [-0.39, 0.29) is 11.9 Å². The Morgan fingerprint density at radius 3 is 2.24 bits per heavy atom. The molecule has 0 radical (unpaired) electrons. The lowest BCUT2D eigenvalue weighted by molar-refractivity contribution is -0.137. The van der Waals surface area contributed by atoms with Gasteiger partial charge in [0, 0.05) is 19.1 Å². The van der Waals surface area contributed by atoms with Crippen molar-refractivity contribution in [1.82, 2.24) is 4.90 Å². The summed E-state index contributed by atoms with van der Waals surface area (Å²) in [6.45, 7) is 9.23. The molecule has 0 saturated heterocycles. The Hall–Kier alpha value is -1.55. The lowest BCUT2D eigenvalue weighted by atomic mass is 10.0. The number of rotatable bonds is 8. The van der Waals surface area contributed by atoms with Crippen molar-refractivity contribution in [3.63, 3.8) is 0 Å². The number of carbonyl (C=O) groups excluding carboxylic acids is 1. The predicted molar refractivity (Wildman–Crippen MR) is 86.4 cm³/mol. The maximum absolute atomic E-state index is 12.1. The van der Waals surface area contributed by atoms with Gasteiger partial charge in [0.05, 0.1) is 0 Å². The van der Waals surface area contributed by atoms with Gasteiger partial charge in [0.2, 0.25) is 0 Å². The van der Waals surface area contributed by atoms with Crippen molar-refractivity contribution < 1.29 is 9.53 Å². The number of likely N-dealkylation sites (N-methyl/N-ethyl adjacent to an activating group) is 1. The van der Waals surface area contributed by atoms with Gasteiger partial charge >= 0.3 is 0 Å². The minimum atomic E-state index is -0.464. The standard InChI is InChI=1S/C17H28N2O2/c1-5-15(18)12-14-8-10-16(11-9-14)21-13(4)17(20)19(6-2)7-3/h8-11,13,15H,5-7,12,18H2,1-4H3. The molecule has 0 aliphatic heterocycles. The van der Waals surface area contributed by atoms with Gasteiger partial charge < -0.3 is 15.4 Å². The molecular formula is C17H28N2O2. The van der Waals surface area contributed by atoms with E-state index in [1.54, 1.807) is 11.8 Å². The molecule has 0 saturated carbocycles. The predicted octanol–water partition coefficient (Wildman–Crippen LogP) is 2.60. The fourth-order valence-electron chi connectivity index (χ4n) is 2.20. The molecule has 1 aromatic carbocycles. The Bertz CT molecular complexity index is 427. The molecule has 1 amide bonds. The maximum Gasteiger partial charge on any atom is 0.263 e. The third-order valence-corrected chi connectivity index (χ3v) is 3.68. The van der Waals surface area contributed by atoms with Crippen molar-refractivity contribution in [3.05, 3.63) is 29.8 Å². The van der Waals surface area contributed by atoms with Crippen LogP contribution in [0.4, 0.5) is 0 Å². The Balaban J connectivity index is 2.60. The zero-order valence-corrected chi connectivity index (χ0v) is 13.6. The summed E-state index contributed by atoms with van der Waals surface area (Å²) in [6, 6.07) is 8.03. The molecule has 2 N–H and O–H groups in total. The normalized spacial score (nSPS) is 13.6. The summed E-state index contributed by atoms with van der Waals surface area (Å²) in [5.74, 6) is 0.744. The number of benzene rings is 1. The van der Waals surface area contributed by atoms with Crippen molar-refractivity contribution in [2.24, 2.45) is 5.73 Å². The van der Waals surface area contributed by atoms with Crippen LogP contribution >= 0.6 is 0 Å². The number of nitrogens with two attached hydrogens (primary N) is 1. The highest BCUT2D eigenvalue weighted by molar-refractivity contribution is 5.80. The topological polar surface area (TPSA) is 55.6 Å². The fraction of sp³-hybridized carbons (Fsp3) is 0.588. The van der Waals surface area contributed by atoms with E-state index in [1.807, 2.05) is 38.1 Å². The summed E-state index contributed by atoms with van der Waals surface area (Å²) in [4.78, 5) is 13.9. The molecule has 4 heteroatoms. The molecule has 0 aromatic heterocycles. The van der Waals surface area contributed by atoms with E-state index in [4.69, 9.17) is 10.5 Å². The van der Waals surface area contributed by atoms with E-state index < -0.39 is 6.10 Å². The Morgan fingerprint density at radius 2 is 1.76 bits per heavy atom. The minimum Gasteiger partial charge on any atom is -0.481 e. The number of ether oxygens (including phenoxy) is 1. The SMILES string of the molecule is CCC(N)Cc1ccc(OC(C)C(=O)N(CC)CC)cc1. The molecule has 0 fully saturated rings. The van der Waals surface area contributed by atoms with Gasteiger partial charge in [-0.3, -0.25) is 4.79 Å². The van der Waals surface area contributed by atoms with Crippen LogP contribution in [0.25, 0.3) is 0 Å². The quantitative estimate of drug-likeness (QED) is 0.801. The molecule has 0 aliphatic carbocycles. The summed E-state index contributed by atoms with van der Waals surface area (Å²) in [7, 11) is 0. The second-order valence-corrected chi connectivity index (χ2v) is 5.29. The molecule has 0 bridgehead atoms. The van der Waals surface area contributed by atoms with Crippen molar-refractivity contribution in [3.8, 4) is 5.75 Å². The summed E-state index contributed by atoms with van der Waals surface area (Å²) in [5.41, 5.74) is 7.14. The van der Waals surface area contributed by atoms with Crippen LogP contribution in [0.1, 0.15) is 39.7 Å². The van der Waals surface area contributed by atoms with E-state index in [2.05, 4.69) is 6.92 Å². The van der Waals surface area contributed by atoms with Gasteiger partial charge in [-0.1, -0.05) is 19.1 Å². The Morgan fingerprint density at radius 1 is 1.19 bits per heavy atom. The Labute approximate surface area is 128 Å². The summed E-state index contributed by atoms with van der Waals surface area (Å²) in [6.07, 6.45) is 1.37. The first-order chi connectivity index (χ1) is 10.0. The largest absolute Gasteiger partial charge is 0.481 e. The number of amides is 1. The average molecular weight is 292 g/mol. The van der Waals surface area contributed by atoms with E-state index >= 15 is 0 Å². The highest BCUT2D eigenvalue weighted by Gasteiger charge is 2.19. The molecule has 1 aromatic rings. The molecule has 0 spiro atoms. The zero-order chi connectivity index (χ0) is 15.8.